The molecule has 2 aromatic rings. The van der Waals surface area contributed by atoms with Gasteiger partial charge in [-0.3, -0.25) is 4.68 Å². The summed E-state index contributed by atoms with van der Waals surface area (Å²) >= 11 is 0. The fourth-order valence-corrected chi connectivity index (χ4v) is 4.46. The highest BCUT2D eigenvalue weighted by atomic mass is 16.2. The number of hydrogen-bond acceptors (Lipinski definition) is 2. The van der Waals surface area contributed by atoms with Crippen LogP contribution in [0.2, 0.25) is 0 Å². The normalized spacial score (nSPS) is 25.7. The van der Waals surface area contributed by atoms with Gasteiger partial charge in [-0.2, -0.15) is 5.10 Å². The minimum Gasteiger partial charge on any atom is -0.332 e. The molecule has 2 fully saturated rings. The van der Waals surface area contributed by atoms with Crippen LogP contribution in [0.15, 0.2) is 42.6 Å². The number of nitrogens with zero attached hydrogens (tertiary/aromatic N) is 3. The molecule has 1 aromatic carbocycles. The van der Waals surface area contributed by atoms with Crippen LogP contribution in [-0.2, 0) is 19.1 Å². The Labute approximate surface area is 142 Å². The van der Waals surface area contributed by atoms with Gasteiger partial charge < -0.3 is 10.2 Å². The molecule has 2 amide bonds. The number of aromatic nitrogens is 2. The molecule has 0 bridgehead atoms. The van der Waals surface area contributed by atoms with E-state index in [0.29, 0.717) is 12.5 Å². The lowest BCUT2D eigenvalue weighted by atomic mass is 9.62. The van der Waals surface area contributed by atoms with E-state index in [9.17, 15) is 4.79 Å². The van der Waals surface area contributed by atoms with Crippen molar-refractivity contribution >= 4 is 6.03 Å². The molecule has 2 heterocycles. The van der Waals surface area contributed by atoms with Crippen LogP contribution in [0.5, 0.6) is 0 Å². The fraction of sp³-hybridized carbons (Fsp3) is 0.474. The molecule has 1 aliphatic heterocycles. The van der Waals surface area contributed by atoms with Gasteiger partial charge in [0.15, 0.2) is 0 Å². The van der Waals surface area contributed by atoms with Gasteiger partial charge in [-0.1, -0.05) is 43.2 Å². The topological polar surface area (TPSA) is 50.2 Å². The molecule has 1 saturated carbocycles. The second-order valence-electron chi connectivity index (χ2n) is 6.95. The largest absolute Gasteiger partial charge is 0.332 e. The number of amides is 2. The van der Waals surface area contributed by atoms with Crippen molar-refractivity contribution in [3.63, 3.8) is 0 Å². The Kier molecular flexibility index (Phi) is 3.79. The van der Waals surface area contributed by atoms with Crippen LogP contribution in [0.3, 0.4) is 0 Å². The monoisotopic (exact) mass is 324 g/mol. The Morgan fingerprint density at radius 2 is 2.12 bits per heavy atom. The highest BCUT2D eigenvalue weighted by Gasteiger charge is 2.56. The zero-order chi connectivity index (χ0) is 16.6. The van der Waals surface area contributed by atoms with Crippen molar-refractivity contribution in [3.8, 4) is 0 Å². The first kappa shape index (κ1) is 15.2. The number of rotatable bonds is 3. The summed E-state index contributed by atoms with van der Waals surface area (Å²) in [6.07, 6.45) is 6.52. The molecule has 126 valence electrons. The molecule has 5 nitrogen and oxygen atoms in total. The lowest BCUT2D eigenvalue weighted by molar-refractivity contribution is -0.0794. The van der Waals surface area contributed by atoms with Crippen molar-refractivity contribution in [1.82, 2.24) is 20.0 Å². The van der Waals surface area contributed by atoms with Crippen molar-refractivity contribution in [3.05, 3.63) is 53.9 Å². The molecule has 4 rings (SSSR count). The molecule has 1 aromatic heterocycles. The molecule has 0 spiro atoms. The number of urea groups is 1. The van der Waals surface area contributed by atoms with E-state index in [1.165, 1.54) is 24.8 Å². The molecular formula is C19H24N4O. The quantitative estimate of drug-likeness (QED) is 0.943. The van der Waals surface area contributed by atoms with Crippen molar-refractivity contribution in [2.45, 2.75) is 37.8 Å². The Bertz CT molecular complexity index is 726. The maximum absolute atomic E-state index is 12.9. The maximum atomic E-state index is 12.9. The number of carbonyl (C=O) groups is 1. The highest BCUT2D eigenvalue weighted by molar-refractivity contribution is 5.77. The van der Waals surface area contributed by atoms with Gasteiger partial charge in [0, 0.05) is 25.7 Å². The Morgan fingerprint density at radius 3 is 2.83 bits per heavy atom. The molecule has 1 saturated heterocycles. The summed E-state index contributed by atoms with van der Waals surface area (Å²) in [4.78, 5) is 14.9. The summed E-state index contributed by atoms with van der Waals surface area (Å²) in [7, 11) is 1.90. The summed E-state index contributed by atoms with van der Waals surface area (Å²) in [6.45, 7) is 1.38. The minimum absolute atomic E-state index is 0.0400. The first-order chi connectivity index (χ1) is 11.7. The van der Waals surface area contributed by atoms with E-state index in [1.54, 1.807) is 10.9 Å². The van der Waals surface area contributed by atoms with E-state index in [2.05, 4.69) is 39.6 Å². The number of hydrogen-bond donors (Lipinski definition) is 1. The van der Waals surface area contributed by atoms with E-state index in [0.717, 1.165) is 18.7 Å². The van der Waals surface area contributed by atoms with Crippen molar-refractivity contribution in [2.75, 3.05) is 6.54 Å². The van der Waals surface area contributed by atoms with Gasteiger partial charge in [-0.15, -0.1) is 0 Å². The number of benzene rings is 1. The Hall–Kier alpha value is -2.30. The van der Waals surface area contributed by atoms with Crippen molar-refractivity contribution in [1.29, 1.82) is 0 Å². The second-order valence-corrected chi connectivity index (χ2v) is 6.95. The maximum Gasteiger partial charge on any atom is 0.318 e. The average Bonchev–Trinajstić information content (AvgIpc) is 3.00. The van der Waals surface area contributed by atoms with Crippen LogP contribution in [0.1, 0.15) is 36.9 Å². The van der Waals surface area contributed by atoms with Crippen LogP contribution in [0.25, 0.3) is 0 Å². The van der Waals surface area contributed by atoms with E-state index < -0.39 is 0 Å². The van der Waals surface area contributed by atoms with Gasteiger partial charge in [-0.05, 0) is 24.5 Å². The standard InChI is InChI=1S/C19H24N4O/c1-22-17(10-12-21-22)13-20-18(24)23-14-16-9-5-6-11-19(16,23)15-7-3-2-4-8-15/h2-4,7-8,10,12,16H,5-6,9,11,13-14H2,1H3,(H,20,24). The first-order valence-electron chi connectivity index (χ1n) is 8.80. The molecule has 0 radical (unpaired) electrons. The first-order valence-corrected chi connectivity index (χ1v) is 8.80. The van der Waals surface area contributed by atoms with Crippen LogP contribution in [0, 0.1) is 5.92 Å². The lowest BCUT2D eigenvalue weighted by Gasteiger charge is -2.61. The van der Waals surface area contributed by atoms with E-state index in [-0.39, 0.29) is 11.6 Å². The molecule has 2 aliphatic rings. The predicted molar refractivity (Wildman–Crippen MR) is 92.2 cm³/mol. The van der Waals surface area contributed by atoms with Crippen LogP contribution in [-0.4, -0.2) is 27.3 Å². The summed E-state index contributed by atoms with van der Waals surface area (Å²) in [6, 6.07) is 12.5. The van der Waals surface area contributed by atoms with E-state index in [4.69, 9.17) is 0 Å². The van der Waals surface area contributed by atoms with Gasteiger partial charge in [0.05, 0.1) is 17.8 Å². The van der Waals surface area contributed by atoms with Gasteiger partial charge in [0.2, 0.25) is 0 Å². The zero-order valence-corrected chi connectivity index (χ0v) is 14.1. The van der Waals surface area contributed by atoms with Crippen LogP contribution in [0.4, 0.5) is 4.79 Å². The third kappa shape index (κ3) is 2.30. The van der Waals surface area contributed by atoms with Gasteiger partial charge in [-0.25, -0.2) is 4.79 Å². The molecule has 1 aliphatic carbocycles. The number of nitrogens with one attached hydrogen (secondary N) is 1. The Balaban J connectivity index is 1.54. The van der Waals surface area contributed by atoms with Crippen LogP contribution < -0.4 is 5.32 Å². The third-order valence-corrected chi connectivity index (χ3v) is 5.78. The number of aryl methyl sites for hydroxylation is 1. The summed E-state index contributed by atoms with van der Waals surface area (Å²) < 4.78 is 1.80. The molecule has 5 heteroatoms. The lowest BCUT2D eigenvalue weighted by Crippen LogP contribution is -2.69. The minimum atomic E-state index is -0.101. The SMILES string of the molecule is Cn1nccc1CNC(=O)N1CC2CCCCC21c1ccccc1. The van der Waals surface area contributed by atoms with E-state index in [1.807, 2.05) is 19.2 Å². The predicted octanol–water partition coefficient (Wildman–Crippen LogP) is 3.03. The smallest absolute Gasteiger partial charge is 0.318 e. The van der Waals surface area contributed by atoms with Crippen molar-refractivity contribution < 1.29 is 4.79 Å². The molecule has 1 N–H and O–H groups in total. The number of fused-ring (bicyclic) bond motifs is 1. The second kappa shape index (κ2) is 5.96. The number of likely N-dealkylation sites (tertiary alicyclic amines) is 1. The highest BCUT2D eigenvalue weighted by Crippen LogP contribution is 2.53. The van der Waals surface area contributed by atoms with Gasteiger partial charge in [0.1, 0.15) is 0 Å². The fourth-order valence-electron chi connectivity index (χ4n) is 4.46. The summed E-state index contributed by atoms with van der Waals surface area (Å²) in [5.41, 5.74) is 2.20. The molecule has 2 unspecified atom stereocenters. The Morgan fingerprint density at radius 1 is 1.29 bits per heavy atom. The van der Waals surface area contributed by atoms with Gasteiger partial charge in [0.25, 0.3) is 0 Å². The molecule has 2 atom stereocenters. The zero-order valence-electron chi connectivity index (χ0n) is 14.1. The average molecular weight is 324 g/mol. The molecular weight excluding hydrogens is 300 g/mol. The summed E-state index contributed by atoms with van der Waals surface area (Å²) in [5, 5.41) is 7.23. The van der Waals surface area contributed by atoms with Crippen LogP contribution >= 0.6 is 0 Å². The molecule has 24 heavy (non-hydrogen) atoms. The van der Waals surface area contributed by atoms with Gasteiger partial charge >= 0.3 is 6.03 Å². The van der Waals surface area contributed by atoms with E-state index >= 15 is 0 Å². The summed E-state index contributed by atoms with van der Waals surface area (Å²) in [5.74, 6) is 0.594. The van der Waals surface area contributed by atoms with Crippen molar-refractivity contribution in [2.24, 2.45) is 13.0 Å². The third-order valence-electron chi connectivity index (χ3n) is 5.78. The number of carbonyl (C=O) groups excluding carboxylic acids is 1.